The summed E-state index contributed by atoms with van der Waals surface area (Å²) < 4.78 is 5.93. The number of aromatic carboxylic acids is 1. The van der Waals surface area contributed by atoms with Crippen LogP contribution in [0.4, 0.5) is 0 Å². The minimum Gasteiger partial charge on any atom is -0.478 e. The Morgan fingerprint density at radius 2 is 2.10 bits per heavy atom. The van der Waals surface area contributed by atoms with Gasteiger partial charge in [-0.15, -0.1) is 0 Å². The largest absolute Gasteiger partial charge is 0.478 e. The molecule has 3 rings (SSSR count). The number of carboxylic acids is 1. The summed E-state index contributed by atoms with van der Waals surface area (Å²) in [5.74, 6) is -0.437. The van der Waals surface area contributed by atoms with E-state index in [2.05, 4.69) is 31.1 Å². The fourth-order valence-electron chi connectivity index (χ4n) is 1.77. The molecule has 2 aromatic heterocycles. The van der Waals surface area contributed by atoms with E-state index in [0.29, 0.717) is 17.1 Å². The van der Waals surface area contributed by atoms with Crippen molar-refractivity contribution < 1.29 is 14.4 Å². The smallest absolute Gasteiger partial charge is 0.335 e. The molecule has 7 heteroatoms. The van der Waals surface area contributed by atoms with Crippen LogP contribution in [0, 0.1) is 0 Å². The maximum Gasteiger partial charge on any atom is 0.335 e. The van der Waals surface area contributed by atoms with E-state index >= 15 is 0 Å². The first-order chi connectivity index (χ1) is 10.1. The van der Waals surface area contributed by atoms with Crippen LogP contribution >= 0.6 is 15.9 Å². The molecular weight excluding hydrogens is 338 g/mol. The molecule has 1 aromatic carbocycles. The van der Waals surface area contributed by atoms with Crippen LogP contribution in [0.2, 0.25) is 0 Å². The molecule has 0 bridgehead atoms. The monoisotopic (exact) mass is 345 g/mol. The van der Waals surface area contributed by atoms with E-state index in [1.807, 2.05) is 6.07 Å². The highest BCUT2D eigenvalue weighted by molar-refractivity contribution is 9.10. The van der Waals surface area contributed by atoms with Gasteiger partial charge in [0, 0.05) is 16.2 Å². The van der Waals surface area contributed by atoms with Gasteiger partial charge < -0.3 is 9.63 Å². The van der Waals surface area contributed by atoms with Gasteiger partial charge in [0.2, 0.25) is 5.82 Å². The van der Waals surface area contributed by atoms with Crippen LogP contribution in [0.25, 0.3) is 23.0 Å². The molecule has 0 radical (unpaired) electrons. The molecule has 0 aliphatic rings. The average Bonchev–Trinajstić information content (AvgIpc) is 2.97. The third-order valence-electron chi connectivity index (χ3n) is 2.75. The minimum atomic E-state index is -1.01. The number of benzene rings is 1. The number of halogens is 1. The van der Waals surface area contributed by atoms with E-state index in [9.17, 15) is 4.79 Å². The summed E-state index contributed by atoms with van der Waals surface area (Å²) in [6, 6.07) is 9.91. The van der Waals surface area contributed by atoms with E-state index in [0.717, 1.165) is 4.47 Å². The second kappa shape index (κ2) is 5.45. The molecule has 0 aliphatic carbocycles. The molecule has 0 saturated heterocycles. The number of hydrogen-bond acceptors (Lipinski definition) is 5. The Morgan fingerprint density at radius 3 is 2.86 bits per heavy atom. The van der Waals surface area contributed by atoms with Crippen molar-refractivity contribution in [3.8, 4) is 23.0 Å². The molecule has 0 unspecified atom stereocenters. The average molecular weight is 346 g/mol. The summed E-state index contributed by atoms with van der Waals surface area (Å²) in [6.07, 6.45) is 1.63. The first-order valence-electron chi connectivity index (χ1n) is 5.93. The van der Waals surface area contributed by atoms with Crippen LogP contribution in [-0.4, -0.2) is 26.2 Å². The van der Waals surface area contributed by atoms with E-state index in [1.165, 1.54) is 12.1 Å². The zero-order valence-electron chi connectivity index (χ0n) is 10.5. The van der Waals surface area contributed by atoms with Gasteiger partial charge in [0.15, 0.2) is 0 Å². The van der Waals surface area contributed by atoms with E-state index in [-0.39, 0.29) is 11.5 Å². The van der Waals surface area contributed by atoms with Crippen molar-refractivity contribution in [1.82, 2.24) is 15.1 Å². The van der Waals surface area contributed by atoms with Gasteiger partial charge in [-0.1, -0.05) is 11.2 Å². The second-order valence-electron chi connectivity index (χ2n) is 4.14. The van der Waals surface area contributed by atoms with E-state index < -0.39 is 5.97 Å². The number of carbonyl (C=O) groups is 1. The Kier molecular flexibility index (Phi) is 3.49. The summed E-state index contributed by atoms with van der Waals surface area (Å²) in [5, 5.41) is 12.9. The van der Waals surface area contributed by atoms with Crippen LogP contribution in [-0.2, 0) is 0 Å². The lowest BCUT2D eigenvalue weighted by molar-refractivity contribution is 0.0697. The SMILES string of the molecule is O=C(O)c1cccc(-c2nc(-c3ncccc3Br)no2)c1. The predicted octanol–water partition coefficient (Wildman–Crippen LogP) is 3.26. The number of carboxylic acid groups (broad SMARTS) is 1. The molecular formula is C14H8BrN3O3. The van der Waals surface area contributed by atoms with E-state index in [1.54, 1.807) is 24.4 Å². The van der Waals surface area contributed by atoms with Crippen molar-refractivity contribution >= 4 is 21.9 Å². The van der Waals surface area contributed by atoms with Crippen LogP contribution < -0.4 is 0 Å². The first kappa shape index (κ1) is 13.4. The highest BCUT2D eigenvalue weighted by Gasteiger charge is 2.15. The Labute approximate surface area is 127 Å². The number of nitrogens with zero attached hydrogens (tertiary/aromatic N) is 3. The standard InChI is InChI=1S/C14H8BrN3O3/c15-10-5-2-6-16-11(10)12-17-13(21-18-12)8-3-1-4-9(7-8)14(19)20/h1-7H,(H,19,20). The summed E-state index contributed by atoms with van der Waals surface area (Å²) in [5.41, 5.74) is 1.26. The van der Waals surface area contributed by atoms with Gasteiger partial charge in [0.05, 0.1) is 5.56 Å². The molecule has 0 fully saturated rings. The van der Waals surface area contributed by atoms with Gasteiger partial charge in [-0.05, 0) is 46.3 Å². The molecule has 0 saturated carbocycles. The van der Waals surface area contributed by atoms with E-state index in [4.69, 9.17) is 9.63 Å². The minimum absolute atomic E-state index is 0.159. The van der Waals surface area contributed by atoms with Crippen molar-refractivity contribution in [3.05, 3.63) is 52.6 Å². The van der Waals surface area contributed by atoms with Crippen LogP contribution in [0.15, 0.2) is 51.6 Å². The number of aromatic nitrogens is 3. The van der Waals surface area contributed by atoms with Gasteiger partial charge in [0.25, 0.3) is 5.89 Å². The molecule has 1 N–H and O–H groups in total. The fraction of sp³-hybridized carbons (Fsp3) is 0. The zero-order valence-corrected chi connectivity index (χ0v) is 12.1. The lowest BCUT2D eigenvalue weighted by Crippen LogP contribution is -1.95. The van der Waals surface area contributed by atoms with Crippen molar-refractivity contribution in [2.75, 3.05) is 0 Å². The lowest BCUT2D eigenvalue weighted by atomic mass is 10.1. The van der Waals surface area contributed by atoms with Crippen LogP contribution in [0.1, 0.15) is 10.4 Å². The maximum absolute atomic E-state index is 11.0. The Hall–Kier alpha value is -2.54. The number of pyridine rings is 1. The highest BCUT2D eigenvalue weighted by atomic mass is 79.9. The van der Waals surface area contributed by atoms with Crippen LogP contribution in [0.3, 0.4) is 0 Å². The zero-order chi connectivity index (χ0) is 14.8. The van der Waals surface area contributed by atoms with Gasteiger partial charge in [-0.3, -0.25) is 4.98 Å². The van der Waals surface area contributed by atoms with Crippen LogP contribution in [0.5, 0.6) is 0 Å². The summed E-state index contributed by atoms with van der Waals surface area (Å²) >= 11 is 3.37. The molecule has 0 spiro atoms. The number of rotatable bonds is 3. The molecule has 104 valence electrons. The van der Waals surface area contributed by atoms with Crippen molar-refractivity contribution in [2.45, 2.75) is 0 Å². The van der Waals surface area contributed by atoms with Crippen molar-refractivity contribution in [1.29, 1.82) is 0 Å². The lowest BCUT2D eigenvalue weighted by Gasteiger charge is -1.97. The second-order valence-corrected chi connectivity index (χ2v) is 5.00. The molecule has 0 atom stereocenters. The van der Waals surface area contributed by atoms with Gasteiger partial charge in [0.1, 0.15) is 5.69 Å². The predicted molar refractivity (Wildman–Crippen MR) is 77.6 cm³/mol. The third kappa shape index (κ3) is 2.68. The Balaban J connectivity index is 2.01. The Morgan fingerprint density at radius 1 is 1.24 bits per heavy atom. The quantitative estimate of drug-likeness (QED) is 0.783. The molecule has 21 heavy (non-hydrogen) atoms. The topological polar surface area (TPSA) is 89.1 Å². The summed E-state index contributed by atoms with van der Waals surface area (Å²) in [6.45, 7) is 0. The molecule has 0 amide bonds. The summed E-state index contributed by atoms with van der Waals surface area (Å²) in [7, 11) is 0. The molecule has 2 heterocycles. The normalized spacial score (nSPS) is 10.5. The maximum atomic E-state index is 11.0. The first-order valence-corrected chi connectivity index (χ1v) is 6.73. The third-order valence-corrected chi connectivity index (χ3v) is 3.39. The van der Waals surface area contributed by atoms with Gasteiger partial charge >= 0.3 is 5.97 Å². The fourth-order valence-corrected chi connectivity index (χ4v) is 2.20. The van der Waals surface area contributed by atoms with Gasteiger partial charge in [-0.2, -0.15) is 4.98 Å². The molecule has 3 aromatic rings. The van der Waals surface area contributed by atoms with Gasteiger partial charge in [-0.25, -0.2) is 4.79 Å². The Bertz CT molecular complexity index is 816. The van der Waals surface area contributed by atoms with Crippen molar-refractivity contribution in [3.63, 3.8) is 0 Å². The van der Waals surface area contributed by atoms with Crippen molar-refractivity contribution in [2.24, 2.45) is 0 Å². The highest BCUT2D eigenvalue weighted by Crippen LogP contribution is 2.26. The molecule has 6 nitrogen and oxygen atoms in total. The summed E-state index contributed by atoms with van der Waals surface area (Å²) in [4.78, 5) is 19.4. The number of hydrogen-bond donors (Lipinski definition) is 1. The molecule has 0 aliphatic heterocycles.